The monoisotopic (exact) mass is 265 g/mol. The molecule has 0 bridgehead atoms. The number of rotatable bonds is 1. The second-order valence-corrected chi connectivity index (χ2v) is 6.80. The van der Waals surface area contributed by atoms with Crippen molar-refractivity contribution in [1.82, 2.24) is 4.98 Å². The van der Waals surface area contributed by atoms with Crippen molar-refractivity contribution < 1.29 is 8.42 Å². The third-order valence-corrected chi connectivity index (χ3v) is 4.71. The van der Waals surface area contributed by atoms with Gasteiger partial charge in [-0.15, -0.1) is 0 Å². The molecule has 5 nitrogen and oxygen atoms in total. The highest BCUT2D eigenvalue weighted by Gasteiger charge is 2.24. The van der Waals surface area contributed by atoms with E-state index in [2.05, 4.69) is 11.1 Å². The Hall–Kier alpha value is -1.61. The molecule has 96 valence electrons. The average Bonchev–Trinajstić information content (AvgIpc) is 2.28. The molecule has 0 amide bonds. The van der Waals surface area contributed by atoms with Crippen LogP contribution in [0.3, 0.4) is 0 Å². The number of sulfone groups is 1. The largest absolute Gasteiger partial charge is 0.368 e. The molecule has 0 saturated carbocycles. The van der Waals surface area contributed by atoms with E-state index in [-0.39, 0.29) is 11.5 Å². The van der Waals surface area contributed by atoms with E-state index in [0.717, 1.165) is 11.4 Å². The van der Waals surface area contributed by atoms with Crippen LogP contribution in [0.25, 0.3) is 0 Å². The molecular weight excluding hydrogens is 250 g/mol. The van der Waals surface area contributed by atoms with Crippen molar-refractivity contribution in [3.63, 3.8) is 0 Å². The standard InChI is InChI=1S/C12H15N3O2S/c1-9-7-12(11(8-13)10(2)14-9)15-3-5-18(16,17)6-4-15/h7H,3-6H2,1-2H3. The number of nitrogens with zero attached hydrogens (tertiary/aromatic N) is 3. The Kier molecular flexibility index (Phi) is 3.26. The van der Waals surface area contributed by atoms with Crippen molar-refractivity contribution in [3.05, 3.63) is 23.0 Å². The Balaban J connectivity index is 2.38. The molecule has 0 radical (unpaired) electrons. The Morgan fingerprint density at radius 2 is 1.94 bits per heavy atom. The zero-order valence-corrected chi connectivity index (χ0v) is 11.3. The van der Waals surface area contributed by atoms with Crippen molar-refractivity contribution in [2.24, 2.45) is 0 Å². The Bertz CT molecular complexity index is 603. The summed E-state index contributed by atoms with van der Waals surface area (Å²) in [5.74, 6) is 0.302. The molecule has 1 aromatic heterocycles. The van der Waals surface area contributed by atoms with E-state index in [0.29, 0.717) is 24.3 Å². The molecule has 18 heavy (non-hydrogen) atoms. The van der Waals surface area contributed by atoms with Crippen LogP contribution < -0.4 is 4.90 Å². The summed E-state index contributed by atoms with van der Waals surface area (Å²) in [7, 11) is -2.90. The predicted octanol–water partition coefficient (Wildman–Crippen LogP) is 0.805. The van der Waals surface area contributed by atoms with E-state index >= 15 is 0 Å². The van der Waals surface area contributed by atoms with Crippen LogP contribution in [0.4, 0.5) is 5.69 Å². The molecule has 0 atom stereocenters. The number of hydrogen-bond acceptors (Lipinski definition) is 5. The summed E-state index contributed by atoms with van der Waals surface area (Å²) in [5.41, 5.74) is 2.88. The summed E-state index contributed by atoms with van der Waals surface area (Å²) < 4.78 is 22.8. The van der Waals surface area contributed by atoms with Gasteiger partial charge in [-0.3, -0.25) is 4.98 Å². The van der Waals surface area contributed by atoms with Gasteiger partial charge in [-0.25, -0.2) is 8.42 Å². The predicted molar refractivity (Wildman–Crippen MR) is 69.3 cm³/mol. The molecule has 1 aliphatic heterocycles. The van der Waals surface area contributed by atoms with Crippen molar-refractivity contribution in [3.8, 4) is 6.07 Å². The van der Waals surface area contributed by atoms with Crippen LogP contribution in [0.15, 0.2) is 6.07 Å². The molecule has 1 saturated heterocycles. The van der Waals surface area contributed by atoms with Crippen LogP contribution >= 0.6 is 0 Å². The van der Waals surface area contributed by atoms with Crippen LogP contribution in [0.2, 0.25) is 0 Å². The third kappa shape index (κ3) is 2.46. The van der Waals surface area contributed by atoms with E-state index in [1.54, 1.807) is 6.92 Å². The first kappa shape index (κ1) is 12.8. The van der Waals surface area contributed by atoms with Crippen LogP contribution in [-0.4, -0.2) is 38.0 Å². The second kappa shape index (κ2) is 4.58. The zero-order chi connectivity index (χ0) is 13.3. The quantitative estimate of drug-likeness (QED) is 0.751. The topological polar surface area (TPSA) is 74.1 Å². The van der Waals surface area contributed by atoms with E-state index in [9.17, 15) is 13.7 Å². The maximum absolute atomic E-state index is 11.4. The van der Waals surface area contributed by atoms with E-state index in [1.807, 2.05) is 17.9 Å². The minimum Gasteiger partial charge on any atom is -0.368 e. The molecule has 0 aliphatic carbocycles. The molecule has 6 heteroatoms. The number of anilines is 1. The lowest BCUT2D eigenvalue weighted by molar-refractivity contribution is 0.586. The lowest BCUT2D eigenvalue weighted by Gasteiger charge is -2.29. The van der Waals surface area contributed by atoms with Gasteiger partial charge in [0.2, 0.25) is 0 Å². The Morgan fingerprint density at radius 3 is 2.50 bits per heavy atom. The highest BCUT2D eigenvalue weighted by Crippen LogP contribution is 2.24. The maximum atomic E-state index is 11.4. The fourth-order valence-corrected chi connectivity index (χ4v) is 3.35. The van der Waals surface area contributed by atoms with Crippen LogP contribution in [0.1, 0.15) is 17.0 Å². The lowest BCUT2D eigenvalue weighted by atomic mass is 10.1. The summed E-state index contributed by atoms with van der Waals surface area (Å²) in [5, 5.41) is 9.19. The zero-order valence-electron chi connectivity index (χ0n) is 10.5. The molecule has 0 aromatic carbocycles. The van der Waals surface area contributed by atoms with Gasteiger partial charge in [0.05, 0.1) is 28.5 Å². The smallest absolute Gasteiger partial charge is 0.153 e. The average molecular weight is 265 g/mol. The summed E-state index contributed by atoms with van der Waals surface area (Å²) in [6.45, 7) is 4.56. The SMILES string of the molecule is Cc1cc(N2CCS(=O)(=O)CC2)c(C#N)c(C)n1. The normalized spacial score (nSPS) is 18.4. The summed E-state index contributed by atoms with van der Waals surface area (Å²) in [4.78, 5) is 6.22. The van der Waals surface area contributed by atoms with Gasteiger partial charge in [0.25, 0.3) is 0 Å². The van der Waals surface area contributed by atoms with Gasteiger partial charge in [-0.05, 0) is 19.9 Å². The van der Waals surface area contributed by atoms with Crippen molar-refractivity contribution in [1.29, 1.82) is 5.26 Å². The van der Waals surface area contributed by atoms with Gasteiger partial charge in [-0.1, -0.05) is 0 Å². The number of hydrogen-bond donors (Lipinski definition) is 0. The molecule has 2 heterocycles. The second-order valence-electron chi connectivity index (χ2n) is 4.49. The molecular formula is C12H15N3O2S. The highest BCUT2D eigenvalue weighted by atomic mass is 32.2. The van der Waals surface area contributed by atoms with Crippen molar-refractivity contribution >= 4 is 15.5 Å². The minimum atomic E-state index is -2.90. The molecule has 1 fully saturated rings. The fourth-order valence-electron chi connectivity index (χ4n) is 2.15. The molecule has 0 spiro atoms. The van der Waals surface area contributed by atoms with Gasteiger partial charge in [0, 0.05) is 18.8 Å². The summed E-state index contributed by atoms with van der Waals surface area (Å²) in [6.07, 6.45) is 0. The first-order chi connectivity index (χ1) is 8.43. The number of pyridine rings is 1. The van der Waals surface area contributed by atoms with Gasteiger partial charge in [-0.2, -0.15) is 5.26 Å². The molecule has 2 rings (SSSR count). The number of aromatic nitrogens is 1. The van der Waals surface area contributed by atoms with E-state index < -0.39 is 9.84 Å². The first-order valence-corrected chi connectivity index (χ1v) is 7.59. The fraction of sp³-hybridized carbons (Fsp3) is 0.500. The van der Waals surface area contributed by atoms with Crippen molar-refractivity contribution in [2.75, 3.05) is 29.5 Å². The van der Waals surface area contributed by atoms with Crippen molar-refractivity contribution in [2.45, 2.75) is 13.8 Å². The van der Waals surface area contributed by atoms with Gasteiger partial charge in [0.15, 0.2) is 9.84 Å². The first-order valence-electron chi connectivity index (χ1n) is 5.76. The molecule has 1 aliphatic rings. The summed E-state index contributed by atoms with van der Waals surface area (Å²) in [6, 6.07) is 4.01. The maximum Gasteiger partial charge on any atom is 0.153 e. The number of nitriles is 1. The van der Waals surface area contributed by atoms with Gasteiger partial charge in [0.1, 0.15) is 6.07 Å². The van der Waals surface area contributed by atoms with E-state index in [4.69, 9.17) is 0 Å². The van der Waals surface area contributed by atoms with Crippen LogP contribution in [-0.2, 0) is 9.84 Å². The lowest BCUT2D eigenvalue weighted by Crippen LogP contribution is -2.40. The third-order valence-electron chi connectivity index (χ3n) is 3.10. The molecule has 0 N–H and O–H groups in total. The van der Waals surface area contributed by atoms with Gasteiger partial charge >= 0.3 is 0 Å². The summed E-state index contributed by atoms with van der Waals surface area (Å²) >= 11 is 0. The van der Waals surface area contributed by atoms with Gasteiger partial charge < -0.3 is 4.90 Å². The van der Waals surface area contributed by atoms with Crippen LogP contribution in [0, 0.1) is 25.2 Å². The number of aryl methyl sites for hydroxylation is 2. The Labute approximate surface area is 107 Å². The van der Waals surface area contributed by atoms with E-state index in [1.165, 1.54) is 0 Å². The minimum absolute atomic E-state index is 0.151. The van der Waals surface area contributed by atoms with Crippen LogP contribution in [0.5, 0.6) is 0 Å². The molecule has 1 aromatic rings. The Morgan fingerprint density at radius 1 is 1.33 bits per heavy atom. The molecule has 0 unspecified atom stereocenters. The highest BCUT2D eigenvalue weighted by molar-refractivity contribution is 7.91.